The van der Waals surface area contributed by atoms with Gasteiger partial charge >= 0.3 is 5.97 Å². The van der Waals surface area contributed by atoms with E-state index >= 15 is 0 Å². The summed E-state index contributed by atoms with van der Waals surface area (Å²) in [5, 5.41) is 0. The van der Waals surface area contributed by atoms with E-state index in [4.69, 9.17) is 9.47 Å². The fourth-order valence-electron chi connectivity index (χ4n) is 1.39. The number of carbonyl (C=O) groups is 2. The third-order valence-corrected chi connectivity index (χ3v) is 2.22. The van der Waals surface area contributed by atoms with Crippen LogP contribution in [0.3, 0.4) is 0 Å². The van der Waals surface area contributed by atoms with Crippen molar-refractivity contribution in [1.82, 2.24) is 4.90 Å². The van der Waals surface area contributed by atoms with E-state index in [1.807, 2.05) is 13.8 Å². The SMILES string of the molecule is CCOC(=O)CN(CC(C)C)C(=O)C(C)OC. The van der Waals surface area contributed by atoms with Gasteiger partial charge in [0.05, 0.1) is 6.61 Å². The van der Waals surface area contributed by atoms with Crippen LogP contribution >= 0.6 is 0 Å². The molecule has 100 valence electrons. The van der Waals surface area contributed by atoms with E-state index in [9.17, 15) is 9.59 Å². The van der Waals surface area contributed by atoms with Crippen LogP contribution in [0.25, 0.3) is 0 Å². The van der Waals surface area contributed by atoms with Gasteiger partial charge in [-0.15, -0.1) is 0 Å². The van der Waals surface area contributed by atoms with Crippen molar-refractivity contribution >= 4 is 11.9 Å². The molecule has 0 aliphatic rings. The Labute approximate surface area is 103 Å². The summed E-state index contributed by atoms with van der Waals surface area (Å²) in [6.45, 7) is 8.21. The molecule has 0 saturated carbocycles. The van der Waals surface area contributed by atoms with Crippen molar-refractivity contribution < 1.29 is 19.1 Å². The maximum atomic E-state index is 11.9. The van der Waals surface area contributed by atoms with Crippen LogP contribution in [0.5, 0.6) is 0 Å². The number of nitrogens with zero attached hydrogens (tertiary/aromatic N) is 1. The van der Waals surface area contributed by atoms with E-state index in [1.54, 1.807) is 13.8 Å². The van der Waals surface area contributed by atoms with E-state index in [-0.39, 0.29) is 24.3 Å². The molecule has 1 unspecified atom stereocenters. The number of carbonyl (C=O) groups excluding carboxylic acids is 2. The third-order valence-electron chi connectivity index (χ3n) is 2.22. The lowest BCUT2D eigenvalue weighted by atomic mass is 10.2. The average molecular weight is 245 g/mol. The Morgan fingerprint density at radius 3 is 2.24 bits per heavy atom. The predicted octanol–water partition coefficient (Wildman–Crippen LogP) is 1.07. The summed E-state index contributed by atoms with van der Waals surface area (Å²) >= 11 is 0. The topological polar surface area (TPSA) is 55.8 Å². The quantitative estimate of drug-likeness (QED) is 0.630. The number of amides is 1. The summed E-state index contributed by atoms with van der Waals surface area (Å²) in [6, 6.07) is 0. The van der Waals surface area contributed by atoms with Crippen molar-refractivity contribution in [2.75, 3.05) is 26.8 Å². The molecular weight excluding hydrogens is 222 g/mol. The largest absolute Gasteiger partial charge is 0.465 e. The predicted molar refractivity (Wildman–Crippen MR) is 64.5 cm³/mol. The zero-order valence-electron chi connectivity index (χ0n) is 11.4. The van der Waals surface area contributed by atoms with Gasteiger partial charge in [0, 0.05) is 13.7 Å². The minimum absolute atomic E-state index is 0.0153. The second-order valence-corrected chi connectivity index (χ2v) is 4.30. The van der Waals surface area contributed by atoms with Crippen molar-refractivity contribution in [3.8, 4) is 0 Å². The number of esters is 1. The average Bonchev–Trinajstić information content (AvgIpc) is 2.25. The monoisotopic (exact) mass is 245 g/mol. The summed E-state index contributed by atoms with van der Waals surface area (Å²) in [5.74, 6) is -0.281. The molecule has 0 aromatic carbocycles. The van der Waals surface area contributed by atoms with Crippen LogP contribution in [0.4, 0.5) is 0 Å². The Bertz CT molecular complexity index is 253. The van der Waals surface area contributed by atoms with Crippen LogP contribution in [0, 0.1) is 5.92 Å². The van der Waals surface area contributed by atoms with Gasteiger partial charge in [0.15, 0.2) is 0 Å². The summed E-state index contributed by atoms with van der Waals surface area (Å²) in [4.78, 5) is 24.8. The van der Waals surface area contributed by atoms with Crippen molar-refractivity contribution in [2.24, 2.45) is 5.92 Å². The van der Waals surface area contributed by atoms with Crippen LogP contribution in [-0.2, 0) is 19.1 Å². The fraction of sp³-hybridized carbons (Fsp3) is 0.833. The van der Waals surface area contributed by atoms with Gasteiger partial charge in [0.2, 0.25) is 0 Å². The number of hydrogen-bond donors (Lipinski definition) is 0. The number of ether oxygens (including phenoxy) is 2. The summed E-state index contributed by atoms with van der Waals surface area (Å²) in [5.41, 5.74) is 0. The van der Waals surface area contributed by atoms with E-state index in [2.05, 4.69) is 0 Å². The zero-order valence-corrected chi connectivity index (χ0v) is 11.4. The Balaban J connectivity index is 4.52. The van der Waals surface area contributed by atoms with Gasteiger partial charge in [0.1, 0.15) is 12.6 Å². The molecule has 0 heterocycles. The molecule has 1 amide bonds. The number of hydrogen-bond acceptors (Lipinski definition) is 4. The van der Waals surface area contributed by atoms with E-state index in [1.165, 1.54) is 12.0 Å². The van der Waals surface area contributed by atoms with Gasteiger partial charge in [-0.3, -0.25) is 9.59 Å². The minimum Gasteiger partial charge on any atom is -0.465 e. The first-order valence-corrected chi connectivity index (χ1v) is 5.89. The van der Waals surface area contributed by atoms with Crippen molar-refractivity contribution in [2.45, 2.75) is 33.8 Å². The molecule has 0 bridgehead atoms. The highest BCUT2D eigenvalue weighted by molar-refractivity contribution is 5.84. The standard InChI is InChI=1S/C12H23NO4/c1-6-17-11(14)8-13(7-9(2)3)12(15)10(4)16-5/h9-10H,6-8H2,1-5H3. The summed E-state index contributed by atoms with van der Waals surface area (Å²) in [6.07, 6.45) is -0.539. The van der Waals surface area contributed by atoms with Crippen LogP contribution in [-0.4, -0.2) is 49.7 Å². The fourth-order valence-corrected chi connectivity index (χ4v) is 1.39. The van der Waals surface area contributed by atoms with Gasteiger partial charge in [-0.05, 0) is 19.8 Å². The van der Waals surface area contributed by atoms with Gasteiger partial charge in [0.25, 0.3) is 5.91 Å². The molecule has 0 aromatic rings. The zero-order chi connectivity index (χ0) is 13.4. The lowest BCUT2D eigenvalue weighted by Crippen LogP contribution is -2.44. The Morgan fingerprint density at radius 1 is 1.24 bits per heavy atom. The minimum atomic E-state index is -0.539. The smallest absolute Gasteiger partial charge is 0.325 e. The van der Waals surface area contributed by atoms with Gasteiger partial charge in [-0.2, -0.15) is 0 Å². The molecule has 1 atom stereocenters. The Hall–Kier alpha value is -1.10. The molecule has 0 spiro atoms. The second kappa shape index (κ2) is 8.06. The lowest BCUT2D eigenvalue weighted by Gasteiger charge is -2.25. The lowest BCUT2D eigenvalue weighted by molar-refractivity contribution is -0.152. The molecule has 5 heteroatoms. The Morgan fingerprint density at radius 2 is 1.82 bits per heavy atom. The van der Waals surface area contributed by atoms with Gasteiger partial charge in [-0.25, -0.2) is 0 Å². The molecule has 0 radical (unpaired) electrons. The van der Waals surface area contributed by atoms with Crippen LogP contribution in [0.1, 0.15) is 27.7 Å². The highest BCUT2D eigenvalue weighted by atomic mass is 16.5. The van der Waals surface area contributed by atoms with Crippen molar-refractivity contribution in [3.05, 3.63) is 0 Å². The molecule has 0 fully saturated rings. The molecule has 0 aliphatic carbocycles. The first-order valence-electron chi connectivity index (χ1n) is 5.89. The van der Waals surface area contributed by atoms with Crippen LogP contribution < -0.4 is 0 Å². The van der Waals surface area contributed by atoms with E-state index in [0.717, 1.165) is 0 Å². The van der Waals surface area contributed by atoms with E-state index in [0.29, 0.717) is 13.2 Å². The molecule has 17 heavy (non-hydrogen) atoms. The van der Waals surface area contributed by atoms with Crippen LogP contribution in [0.2, 0.25) is 0 Å². The molecular formula is C12H23NO4. The third kappa shape index (κ3) is 6.26. The highest BCUT2D eigenvalue weighted by Crippen LogP contribution is 2.04. The van der Waals surface area contributed by atoms with Gasteiger partial charge in [-0.1, -0.05) is 13.8 Å². The maximum absolute atomic E-state index is 11.9. The van der Waals surface area contributed by atoms with Crippen LogP contribution in [0.15, 0.2) is 0 Å². The van der Waals surface area contributed by atoms with Gasteiger partial charge < -0.3 is 14.4 Å². The van der Waals surface area contributed by atoms with E-state index < -0.39 is 6.10 Å². The highest BCUT2D eigenvalue weighted by Gasteiger charge is 2.23. The normalized spacial score (nSPS) is 12.4. The molecule has 0 aliphatic heterocycles. The second-order valence-electron chi connectivity index (χ2n) is 4.30. The molecule has 0 aromatic heterocycles. The maximum Gasteiger partial charge on any atom is 0.325 e. The molecule has 0 saturated heterocycles. The summed E-state index contributed by atoms with van der Waals surface area (Å²) < 4.78 is 9.82. The first kappa shape index (κ1) is 15.9. The molecule has 5 nitrogen and oxygen atoms in total. The molecule has 0 rings (SSSR count). The first-order chi connectivity index (χ1) is 7.92. The Kier molecular flexibility index (Phi) is 7.54. The molecule has 0 N–H and O–H groups in total. The van der Waals surface area contributed by atoms with Crippen molar-refractivity contribution in [1.29, 1.82) is 0 Å². The number of rotatable bonds is 7. The van der Waals surface area contributed by atoms with Crippen molar-refractivity contribution in [3.63, 3.8) is 0 Å². The number of methoxy groups -OCH3 is 1. The summed E-state index contributed by atoms with van der Waals surface area (Å²) in [7, 11) is 1.47.